The van der Waals surface area contributed by atoms with E-state index >= 15 is 0 Å². The molecule has 0 bridgehead atoms. The number of aromatic carboxylic acids is 1. The predicted octanol–water partition coefficient (Wildman–Crippen LogP) is 1.50. The van der Waals surface area contributed by atoms with E-state index in [0.29, 0.717) is 29.7 Å². The van der Waals surface area contributed by atoms with Crippen LogP contribution in [-0.2, 0) is 4.79 Å². The summed E-state index contributed by atoms with van der Waals surface area (Å²) in [4.78, 5) is 35.9. The lowest BCUT2D eigenvalue weighted by Gasteiger charge is -2.20. The van der Waals surface area contributed by atoms with E-state index in [4.69, 9.17) is 5.11 Å². The summed E-state index contributed by atoms with van der Waals surface area (Å²) in [6.45, 7) is 0.990. The summed E-state index contributed by atoms with van der Waals surface area (Å²) < 4.78 is 0.570. The number of carbonyl (C=O) groups is 3. The van der Waals surface area contributed by atoms with E-state index in [2.05, 4.69) is 26.6 Å². The van der Waals surface area contributed by atoms with Crippen LogP contribution >= 0.6 is 15.9 Å². The standard InChI is InChI=1S/C13H14BrN3O4/c14-9-3-2-8(12(19)20)6-10(9)16-13(21)17-5-1-4-15-11(18)7-17/h2-3,6H,1,4-5,7H2,(H,15,18)(H,16,21)(H,19,20). The molecule has 1 aliphatic heterocycles. The van der Waals surface area contributed by atoms with Crippen LogP contribution in [0.25, 0.3) is 0 Å². The van der Waals surface area contributed by atoms with Crippen molar-refractivity contribution in [3.63, 3.8) is 0 Å². The Labute approximate surface area is 129 Å². The van der Waals surface area contributed by atoms with Gasteiger partial charge in [0.1, 0.15) is 6.54 Å². The van der Waals surface area contributed by atoms with Gasteiger partial charge in [0.05, 0.1) is 11.3 Å². The minimum absolute atomic E-state index is 0.0118. The number of carboxylic acids is 1. The van der Waals surface area contributed by atoms with Gasteiger partial charge in [0.15, 0.2) is 0 Å². The van der Waals surface area contributed by atoms with E-state index in [1.54, 1.807) is 6.07 Å². The number of hydrogen-bond acceptors (Lipinski definition) is 3. The molecule has 1 aliphatic rings. The number of carboxylic acid groups (broad SMARTS) is 1. The van der Waals surface area contributed by atoms with Gasteiger partial charge < -0.3 is 20.6 Å². The van der Waals surface area contributed by atoms with Gasteiger partial charge in [0.2, 0.25) is 5.91 Å². The van der Waals surface area contributed by atoms with E-state index in [1.807, 2.05) is 0 Å². The van der Waals surface area contributed by atoms with Crippen LogP contribution in [0.5, 0.6) is 0 Å². The maximum atomic E-state index is 12.2. The minimum Gasteiger partial charge on any atom is -0.478 e. The average Bonchev–Trinajstić information content (AvgIpc) is 2.65. The molecule has 1 saturated heterocycles. The van der Waals surface area contributed by atoms with Crippen LogP contribution in [0.4, 0.5) is 10.5 Å². The van der Waals surface area contributed by atoms with Gasteiger partial charge in [-0.2, -0.15) is 0 Å². The lowest BCUT2D eigenvalue weighted by Crippen LogP contribution is -2.40. The largest absolute Gasteiger partial charge is 0.478 e. The number of amides is 3. The first-order chi connectivity index (χ1) is 9.97. The Kier molecular flexibility index (Phi) is 4.79. The van der Waals surface area contributed by atoms with Crippen molar-refractivity contribution in [2.75, 3.05) is 25.0 Å². The maximum absolute atomic E-state index is 12.2. The van der Waals surface area contributed by atoms with Gasteiger partial charge in [0, 0.05) is 17.6 Å². The third-order valence-corrected chi connectivity index (χ3v) is 3.70. The SMILES string of the molecule is O=C1CN(C(=O)Nc2cc(C(=O)O)ccc2Br)CCCN1. The van der Waals surface area contributed by atoms with E-state index in [1.165, 1.54) is 17.0 Å². The summed E-state index contributed by atoms with van der Waals surface area (Å²) in [5, 5.41) is 14.3. The Morgan fingerprint density at radius 2 is 2.14 bits per heavy atom. The van der Waals surface area contributed by atoms with Crippen molar-refractivity contribution in [2.45, 2.75) is 6.42 Å². The van der Waals surface area contributed by atoms with Gasteiger partial charge in [0.25, 0.3) is 0 Å². The number of hydrogen-bond donors (Lipinski definition) is 3. The number of halogens is 1. The van der Waals surface area contributed by atoms with E-state index in [0.717, 1.165) is 0 Å². The number of urea groups is 1. The van der Waals surface area contributed by atoms with Crippen molar-refractivity contribution in [2.24, 2.45) is 0 Å². The number of carbonyl (C=O) groups excluding carboxylic acids is 2. The number of nitrogens with zero attached hydrogens (tertiary/aromatic N) is 1. The molecule has 0 saturated carbocycles. The summed E-state index contributed by atoms with van der Waals surface area (Å²) in [5.74, 6) is -1.28. The molecule has 2 rings (SSSR count). The van der Waals surface area contributed by atoms with E-state index in [9.17, 15) is 14.4 Å². The fraction of sp³-hybridized carbons (Fsp3) is 0.308. The number of benzene rings is 1. The van der Waals surface area contributed by atoms with Crippen LogP contribution in [-0.4, -0.2) is 47.5 Å². The highest BCUT2D eigenvalue weighted by atomic mass is 79.9. The molecule has 0 aliphatic carbocycles. The summed E-state index contributed by atoms with van der Waals surface area (Å²) in [6.07, 6.45) is 0.676. The number of rotatable bonds is 2. The summed E-state index contributed by atoms with van der Waals surface area (Å²) in [5.41, 5.74) is 0.423. The predicted molar refractivity (Wildman–Crippen MR) is 79.3 cm³/mol. The van der Waals surface area contributed by atoms with Crippen molar-refractivity contribution < 1.29 is 19.5 Å². The number of anilines is 1. The Morgan fingerprint density at radius 1 is 1.38 bits per heavy atom. The van der Waals surface area contributed by atoms with Gasteiger partial charge in [-0.3, -0.25) is 4.79 Å². The van der Waals surface area contributed by atoms with Crippen LogP contribution in [0, 0.1) is 0 Å². The van der Waals surface area contributed by atoms with Gasteiger partial charge in [-0.1, -0.05) is 0 Å². The van der Waals surface area contributed by atoms with Crippen LogP contribution in [0.3, 0.4) is 0 Å². The maximum Gasteiger partial charge on any atom is 0.335 e. The molecule has 1 aromatic carbocycles. The smallest absolute Gasteiger partial charge is 0.335 e. The molecule has 1 aromatic rings. The monoisotopic (exact) mass is 355 g/mol. The van der Waals surface area contributed by atoms with Gasteiger partial charge in [-0.05, 0) is 40.5 Å². The minimum atomic E-state index is -1.08. The molecule has 112 valence electrons. The fourth-order valence-electron chi connectivity index (χ4n) is 1.93. The van der Waals surface area contributed by atoms with Crippen molar-refractivity contribution in [3.05, 3.63) is 28.2 Å². The first kappa shape index (κ1) is 15.3. The molecule has 0 aromatic heterocycles. The Bertz CT molecular complexity index is 591. The van der Waals surface area contributed by atoms with Crippen molar-refractivity contribution in [3.8, 4) is 0 Å². The van der Waals surface area contributed by atoms with Gasteiger partial charge >= 0.3 is 12.0 Å². The normalized spacial score (nSPS) is 15.1. The molecule has 3 N–H and O–H groups in total. The second-order valence-corrected chi connectivity index (χ2v) is 5.41. The first-order valence-electron chi connectivity index (χ1n) is 6.33. The molecule has 3 amide bonds. The molecular formula is C13H14BrN3O4. The van der Waals surface area contributed by atoms with E-state index < -0.39 is 12.0 Å². The second-order valence-electron chi connectivity index (χ2n) is 4.55. The van der Waals surface area contributed by atoms with Crippen molar-refractivity contribution in [1.82, 2.24) is 10.2 Å². The highest BCUT2D eigenvalue weighted by Gasteiger charge is 2.20. The lowest BCUT2D eigenvalue weighted by atomic mass is 10.2. The van der Waals surface area contributed by atoms with Crippen LogP contribution in [0.15, 0.2) is 22.7 Å². The highest BCUT2D eigenvalue weighted by Crippen LogP contribution is 2.24. The van der Waals surface area contributed by atoms with Crippen LogP contribution < -0.4 is 10.6 Å². The zero-order valence-corrected chi connectivity index (χ0v) is 12.6. The summed E-state index contributed by atoms with van der Waals surface area (Å²) >= 11 is 3.25. The molecule has 7 nitrogen and oxygen atoms in total. The summed E-state index contributed by atoms with van der Waals surface area (Å²) in [6, 6.07) is 3.91. The lowest BCUT2D eigenvalue weighted by molar-refractivity contribution is -0.120. The first-order valence-corrected chi connectivity index (χ1v) is 7.12. The molecule has 0 spiro atoms. The average molecular weight is 356 g/mol. The van der Waals surface area contributed by atoms with Crippen molar-refractivity contribution in [1.29, 1.82) is 0 Å². The molecular weight excluding hydrogens is 342 g/mol. The zero-order valence-electron chi connectivity index (χ0n) is 11.1. The van der Waals surface area contributed by atoms with Gasteiger partial charge in [-0.25, -0.2) is 9.59 Å². The molecule has 0 atom stereocenters. The molecule has 21 heavy (non-hydrogen) atoms. The Morgan fingerprint density at radius 3 is 2.86 bits per heavy atom. The third kappa shape index (κ3) is 3.94. The van der Waals surface area contributed by atoms with Crippen LogP contribution in [0.2, 0.25) is 0 Å². The van der Waals surface area contributed by atoms with Crippen LogP contribution in [0.1, 0.15) is 16.8 Å². The molecule has 8 heteroatoms. The second kappa shape index (κ2) is 6.57. The number of nitrogens with one attached hydrogen (secondary N) is 2. The zero-order chi connectivity index (χ0) is 15.4. The third-order valence-electron chi connectivity index (χ3n) is 3.00. The topological polar surface area (TPSA) is 98.7 Å². The van der Waals surface area contributed by atoms with Gasteiger partial charge in [-0.15, -0.1) is 0 Å². The van der Waals surface area contributed by atoms with E-state index in [-0.39, 0.29) is 18.0 Å². The Balaban J connectivity index is 2.13. The fourth-order valence-corrected chi connectivity index (χ4v) is 2.27. The highest BCUT2D eigenvalue weighted by molar-refractivity contribution is 9.10. The molecule has 0 radical (unpaired) electrons. The summed E-state index contributed by atoms with van der Waals surface area (Å²) in [7, 11) is 0. The molecule has 1 fully saturated rings. The molecule has 0 unspecified atom stereocenters. The Hall–Kier alpha value is -2.09. The van der Waals surface area contributed by atoms with Crippen molar-refractivity contribution >= 4 is 39.5 Å². The quantitative estimate of drug-likeness (QED) is 0.748. The molecule has 1 heterocycles.